The number of nitrogens with zero attached hydrogens (tertiary/aromatic N) is 1. The molecule has 0 fully saturated rings. The van der Waals surface area contributed by atoms with E-state index in [0.717, 1.165) is 57.8 Å². The molecule has 344 valence electrons. The van der Waals surface area contributed by atoms with Crippen molar-refractivity contribution in [2.45, 2.75) is 199 Å². The van der Waals surface area contributed by atoms with E-state index in [1.807, 2.05) is 34.1 Å². The van der Waals surface area contributed by atoms with Gasteiger partial charge in [0, 0.05) is 12.8 Å². The van der Waals surface area contributed by atoms with Crippen molar-refractivity contribution in [3.05, 3.63) is 48.6 Å². The molecule has 59 heavy (non-hydrogen) atoms. The first kappa shape index (κ1) is 56.9. The fourth-order valence-electron chi connectivity index (χ4n) is 6.16. The highest BCUT2D eigenvalue weighted by molar-refractivity contribution is 7.47. The smallest absolute Gasteiger partial charge is 0.462 e. The molecule has 10 nitrogen and oxygen atoms in total. The summed E-state index contributed by atoms with van der Waals surface area (Å²) in [4.78, 5) is 35.4. The van der Waals surface area contributed by atoms with Gasteiger partial charge in [0.15, 0.2) is 6.10 Å². The fraction of sp³-hybridized carbons (Fsp3) is 0.792. The Hall–Kier alpha value is -2.07. The number of hydrogen-bond acceptors (Lipinski definition) is 8. The Labute approximate surface area is 361 Å². The molecule has 0 bridgehead atoms. The van der Waals surface area contributed by atoms with Gasteiger partial charge in [-0.15, -0.1) is 0 Å². The summed E-state index contributed by atoms with van der Waals surface area (Å²) in [7, 11) is 1.42. The van der Waals surface area contributed by atoms with Crippen LogP contribution in [0.25, 0.3) is 0 Å². The van der Waals surface area contributed by atoms with Gasteiger partial charge < -0.3 is 24.0 Å². The number of ether oxygens (including phenoxy) is 2. The monoisotopic (exact) mass is 855 g/mol. The summed E-state index contributed by atoms with van der Waals surface area (Å²) in [5.41, 5.74) is 0. The number of hydrogen-bond donors (Lipinski definition) is 2. The minimum absolute atomic E-state index is 0.0150. The number of rotatable bonds is 42. The summed E-state index contributed by atoms with van der Waals surface area (Å²) in [6.07, 6.45) is 43.9. The lowest BCUT2D eigenvalue weighted by Gasteiger charge is -2.24. The first-order chi connectivity index (χ1) is 28.4. The number of carbonyl (C=O) groups excluding carboxylic acids is 2. The Morgan fingerprint density at radius 2 is 1.05 bits per heavy atom. The van der Waals surface area contributed by atoms with Gasteiger partial charge in [-0.1, -0.05) is 165 Å². The van der Waals surface area contributed by atoms with E-state index in [-0.39, 0.29) is 38.1 Å². The van der Waals surface area contributed by atoms with Crippen LogP contribution >= 0.6 is 7.82 Å². The third-order valence-corrected chi connectivity index (χ3v) is 11.0. The Morgan fingerprint density at radius 3 is 1.54 bits per heavy atom. The first-order valence-corrected chi connectivity index (χ1v) is 24.9. The van der Waals surface area contributed by atoms with Crippen LogP contribution in [0.1, 0.15) is 187 Å². The highest BCUT2D eigenvalue weighted by Crippen LogP contribution is 2.43. The third kappa shape index (κ3) is 43.8. The Bertz CT molecular complexity index is 1160. The van der Waals surface area contributed by atoms with Crippen molar-refractivity contribution in [2.24, 2.45) is 0 Å². The number of esters is 2. The highest BCUT2D eigenvalue weighted by Gasteiger charge is 2.27. The molecule has 0 saturated carbocycles. The largest absolute Gasteiger partial charge is 0.472 e. The van der Waals surface area contributed by atoms with Crippen LogP contribution in [-0.4, -0.2) is 86.1 Å². The van der Waals surface area contributed by atoms with E-state index in [2.05, 4.69) is 49.5 Å². The van der Waals surface area contributed by atoms with Gasteiger partial charge in [-0.05, 0) is 57.8 Å². The average molecular weight is 855 g/mol. The Balaban J connectivity index is 4.41. The zero-order valence-corrected chi connectivity index (χ0v) is 39.2. The fourth-order valence-corrected chi connectivity index (χ4v) is 6.91. The number of phosphoric ester groups is 1. The lowest BCUT2D eigenvalue weighted by atomic mass is 10.0. The number of phosphoric acid groups is 1. The van der Waals surface area contributed by atoms with Crippen LogP contribution in [0.3, 0.4) is 0 Å². The van der Waals surface area contributed by atoms with Crippen LogP contribution in [0.15, 0.2) is 48.6 Å². The van der Waals surface area contributed by atoms with Crippen molar-refractivity contribution >= 4 is 19.8 Å². The molecule has 0 aliphatic carbocycles. The molecule has 0 aromatic rings. The van der Waals surface area contributed by atoms with Crippen LogP contribution in [0.2, 0.25) is 0 Å². The first-order valence-electron chi connectivity index (χ1n) is 23.4. The Morgan fingerprint density at radius 1 is 0.593 bits per heavy atom. The molecule has 1 unspecified atom stereocenters. The molecule has 0 saturated heterocycles. The molecule has 0 aromatic carbocycles. The molecule has 0 spiro atoms. The minimum Gasteiger partial charge on any atom is -0.462 e. The maximum atomic E-state index is 12.7. The van der Waals surface area contributed by atoms with E-state index in [1.165, 1.54) is 89.9 Å². The minimum atomic E-state index is -4.40. The zero-order valence-electron chi connectivity index (χ0n) is 38.3. The van der Waals surface area contributed by atoms with Gasteiger partial charge in [0.2, 0.25) is 0 Å². The lowest BCUT2D eigenvalue weighted by Crippen LogP contribution is -2.37. The average Bonchev–Trinajstić information content (AvgIpc) is 3.19. The van der Waals surface area contributed by atoms with Crippen LogP contribution in [-0.2, 0) is 32.7 Å². The van der Waals surface area contributed by atoms with E-state index < -0.39 is 26.5 Å². The van der Waals surface area contributed by atoms with Crippen molar-refractivity contribution in [1.29, 1.82) is 0 Å². The van der Waals surface area contributed by atoms with Gasteiger partial charge in [-0.3, -0.25) is 18.6 Å². The van der Waals surface area contributed by atoms with E-state index >= 15 is 0 Å². The van der Waals surface area contributed by atoms with Gasteiger partial charge in [-0.2, -0.15) is 0 Å². The molecule has 2 N–H and O–H groups in total. The van der Waals surface area contributed by atoms with E-state index in [0.29, 0.717) is 23.9 Å². The zero-order chi connectivity index (χ0) is 43.7. The van der Waals surface area contributed by atoms with E-state index in [4.69, 9.17) is 18.5 Å². The maximum absolute atomic E-state index is 12.7. The summed E-state index contributed by atoms with van der Waals surface area (Å²) < 4.78 is 34.3. The van der Waals surface area contributed by atoms with E-state index in [1.54, 1.807) is 0 Å². The topological polar surface area (TPSA) is 129 Å². The molecule has 0 amide bonds. The van der Waals surface area contributed by atoms with Crippen LogP contribution < -0.4 is 0 Å². The number of unbranched alkanes of at least 4 members (excludes halogenated alkanes) is 17. The van der Waals surface area contributed by atoms with Crippen molar-refractivity contribution in [3.8, 4) is 0 Å². The van der Waals surface area contributed by atoms with Gasteiger partial charge in [0.05, 0.1) is 33.9 Å². The van der Waals surface area contributed by atoms with Crippen molar-refractivity contribution in [1.82, 2.24) is 0 Å². The molecule has 0 aliphatic rings. The second-order valence-electron chi connectivity index (χ2n) is 16.9. The normalized spacial score (nSPS) is 14.5. The number of allylic oxidation sites excluding steroid dienone is 8. The molecule has 3 atom stereocenters. The Kier molecular flexibility index (Phi) is 38.6. The number of likely N-dealkylation sites (N-methyl/N-ethyl adjacent to an activating group) is 1. The quantitative estimate of drug-likeness (QED) is 0.0203. The van der Waals surface area contributed by atoms with Gasteiger partial charge in [0.25, 0.3) is 0 Å². The molecule has 0 aliphatic heterocycles. The summed E-state index contributed by atoms with van der Waals surface area (Å²) in [5.74, 6) is -0.879. The van der Waals surface area contributed by atoms with Gasteiger partial charge >= 0.3 is 19.8 Å². The molecule has 0 radical (unpaired) electrons. The maximum Gasteiger partial charge on any atom is 0.472 e. The van der Waals surface area contributed by atoms with Crippen molar-refractivity contribution < 1.29 is 47.2 Å². The third-order valence-electron chi connectivity index (χ3n) is 10.0. The van der Waals surface area contributed by atoms with Crippen LogP contribution in [0.4, 0.5) is 0 Å². The summed E-state index contributed by atoms with van der Waals surface area (Å²) in [6.45, 7) is 4.08. The number of quaternary nitrogens is 1. The summed E-state index contributed by atoms with van der Waals surface area (Å²) >= 11 is 0. The molecule has 0 aromatic heterocycles. The summed E-state index contributed by atoms with van der Waals surface area (Å²) in [6, 6.07) is 0. The highest BCUT2D eigenvalue weighted by atomic mass is 31.2. The molecule has 0 heterocycles. The van der Waals surface area contributed by atoms with Gasteiger partial charge in [-0.25, -0.2) is 4.57 Å². The lowest BCUT2D eigenvalue weighted by molar-refractivity contribution is -0.870. The second-order valence-corrected chi connectivity index (χ2v) is 18.4. The summed E-state index contributed by atoms with van der Waals surface area (Å²) in [5, 5.41) is 9.57. The standard InChI is InChI=1S/C48H88NO9P/c1-6-8-9-10-11-12-13-14-15-16-17-21-24-27-30-33-36-39-47(51)55-43-46(44-57-59(53,54)56-42-41-49(3,4)5)58-48(52)40-37-34-31-28-25-22-19-18-20-23-26-29-32-35-38-45(50)7-2/h19-20,22-23,28-29,31-32,45-46,50H,6-18,21,24-27,30,33-44H2,1-5H3/p+1/b22-19-,23-20-,31-28-,32-29-/t45-,46-/m1/s1. The molecule has 11 heteroatoms. The van der Waals surface area contributed by atoms with Crippen LogP contribution in [0, 0.1) is 0 Å². The molecular weight excluding hydrogens is 765 g/mol. The molecule has 0 rings (SSSR count). The SMILES string of the molecule is CCCCCCCCCCCCCCCCCCCC(=O)OC[C@H](COP(=O)(O)OCC[N+](C)(C)C)OC(=O)CCC/C=C\C/C=C\C/C=C\C/C=C\CC[C@H](O)CC. The van der Waals surface area contributed by atoms with Crippen LogP contribution in [0.5, 0.6) is 0 Å². The molecular formula is C48H89NO9P+. The predicted octanol–water partition coefficient (Wildman–Crippen LogP) is 12.4. The van der Waals surface area contributed by atoms with Crippen molar-refractivity contribution in [2.75, 3.05) is 47.5 Å². The number of aliphatic hydroxyl groups excluding tert-OH is 1. The number of aliphatic hydroxyl groups is 1. The predicted molar refractivity (Wildman–Crippen MR) is 244 cm³/mol. The van der Waals surface area contributed by atoms with Gasteiger partial charge in [0.1, 0.15) is 19.8 Å². The van der Waals surface area contributed by atoms with E-state index in [9.17, 15) is 24.2 Å². The second kappa shape index (κ2) is 40.0. The number of carbonyl (C=O) groups is 2. The van der Waals surface area contributed by atoms with Crippen molar-refractivity contribution in [3.63, 3.8) is 0 Å².